The van der Waals surface area contributed by atoms with Gasteiger partial charge in [0.1, 0.15) is 5.82 Å². The maximum absolute atomic E-state index is 12.0. The summed E-state index contributed by atoms with van der Waals surface area (Å²) < 4.78 is 3.93. The maximum Gasteiger partial charge on any atom is 0.253 e. The molecular formula is C21H28N4O. The van der Waals surface area contributed by atoms with Crippen molar-refractivity contribution in [2.45, 2.75) is 46.7 Å². The molecule has 26 heavy (non-hydrogen) atoms. The van der Waals surface area contributed by atoms with Crippen LogP contribution in [0, 0.1) is 12.8 Å². The summed E-state index contributed by atoms with van der Waals surface area (Å²) in [5.41, 5.74) is 10.8. The Bertz CT molecular complexity index is 953. The molecule has 0 bridgehead atoms. The highest BCUT2D eigenvalue weighted by Gasteiger charge is 2.25. The van der Waals surface area contributed by atoms with Crippen molar-refractivity contribution in [1.29, 1.82) is 0 Å². The van der Waals surface area contributed by atoms with E-state index in [9.17, 15) is 4.79 Å². The molecule has 0 radical (unpaired) electrons. The number of aromatic nitrogens is 3. The Hall–Kier alpha value is -2.40. The summed E-state index contributed by atoms with van der Waals surface area (Å²) in [7, 11) is 1.79. The standard InChI is InChI=1S/C19H22N4O.C2H6/c1-12-7-15(11-22(2)19(12)24)18-21-16-6-5-14(9-20)8-17(16)23(18)10-13-3-4-13;1-2/h5-8,11,13H,3-4,9-10,20H2,1-2H3;1-2H3. The predicted molar refractivity (Wildman–Crippen MR) is 107 cm³/mol. The molecule has 1 fully saturated rings. The fraction of sp³-hybridized carbons (Fsp3) is 0.429. The zero-order valence-corrected chi connectivity index (χ0v) is 16.1. The highest BCUT2D eigenvalue weighted by atomic mass is 16.1. The Morgan fingerprint density at radius 2 is 1.96 bits per heavy atom. The molecule has 0 unspecified atom stereocenters. The van der Waals surface area contributed by atoms with Crippen molar-refractivity contribution in [3.63, 3.8) is 0 Å². The van der Waals surface area contributed by atoms with Crippen LogP contribution in [0.3, 0.4) is 0 Å². The second-order valence-corrected chi connectivity index (χ2v) is 6.84. The third kappa shape index (κ3) is 3.44. The SMILES string of the molecule is CC.Cc1cc(-c2nc3ccc(CN)cc3n2CC2CC2)cn(C)c1=O. The van der Waals surface area contributed by atoms with Crippen molar-refractivity contribution in [3.05, 3.63) is 51.9 Å². The van der Waals surface area contributed by atoms with Crippen LogP contribution in [0.15, 0.2) is 35.3 Å². The second-order valence-electron chi connectivity index (χ2n) is 6.84. The van der Waals surface area contributed by atoms with Gasteiger partial charge in [-0.15, -0.1) is 0 Å². The number of aryl methyl sites for hydroxylation is 2. The van der Waals surface area contributed by atoms with E-state index in [1.54, 1.807) is 11.6 Å². The quantitative estimate of drug-likeness (QED) is 0.780. The lowest BCUT2D eigenvalue weighted by Crippen LogP contribution is -2.18. The van der Waals surface area contributed by atoms with Gasteiger partial charge in [-0.05, 0) is 49.4 Å². The molecule has 0 aliphatic heterocycles. The van der Waals surface area contributed by atoms with Gasteiger partial charge in [0.05, 0.1) is 11.0 Å². The van der Waals surface area contributed by atoms with Gasteiger partial charge in [0.2, 0.25) is 0 Å². The molecule has 0 amide bonds. The van der Waals surface area contributed by atoms with E-state index >= 15 is 0 Å². The minimum Gasteiger partial charge on any atom is -0.326 e. The van der Waals surface area contributed by atoms with Crippen LogP contribution in [-0.4, -0.2) is 14.1 Å². The summed E-state index contributed by atoms with van der Waals surface area (Å²) in [4.78, 5) is 16.9. The van der Waals surface area contributed by atoms with Crippen molar-refractivity contribution in [2.75, 3.05) is 0 Å². The van der Waals surface area contributed by atoms with Crippen LogP contribution in [0.2, 0.25) is 0 Å². The zero-order chi connectivity index (χ0) is 18.8. The van der Waals surface area contributed by atoms with Gasteiger partial charge >= 0.3 is 0 Å². The minimum absolute atomic E-state index is 0.0361. The third-order valence-electron chi connectivity index (χ3n) is 4.81. The summed E-state index contributed by atoms with van der Waals surface area (Å²) in [5.74, 6) is 1.67. The van der Waals surface area contributed by atoms with Gasteiger partial charge in [0, 0.05) is 37.5 Å². The van der Waals surface area contributed by atoms with E-state index in [2.05, 4.69) is 10.6 Å². The van der Waals surface area contributed by atoms with E-state index in [0.29, 0.717) is 6.54 Å². The molecule has 2 heterocycles. The number of nitrogens with two attached hydrogens (primary N) is 1. The molecule has 0 spiro atoms. The average molecular weight is 352 g/mol. The minimum atomic E-state index is 0.0361. The van der Waals surface area contributed by atoms with Crippen LogP contribution in [0.4, 0.5) is 0 Å². The number of pyridine rings is 1. The Labute approximate surface area is 154 Å². The Morgan fingerprint density at radius 1 is 1.23 bits per heavy atom. The molecule has 5 heteroatoms. The fourth-order valence-corrected chi connectivity index (χ4v) is 3.26. The van der Waals surface area contributed by atoms with Gasteiger partial charge in [-0.2, -0.15) is 0 Å². The zero-order valence-electron chi connectivity index (χ0n) is 16.1. The largest absolute Gasteiger partial charge is 0.326 e. The van der Waals surface area contributed by atoms with Crippen LogP contribution in [0.1, 0.15) is 37.8 Å². The second kappa shape index (κ2) is 7.46. The van der Waals surface area contributed by atoms with Gasteiger partial charge in [-0.1, -0.05) is 19.9 Å². The molecule has 1 saturated carbocycles. The normalized spacial score (nSPS) is 13.6. The Kier molecular flexibility index (Phi) is 5.28. The first kappa shape index (κ1) is 18.4. The molecule has 1 aromatic carbocycles. The maximum atomic E-state index is 12.0. The van der Waals surface area contributed by atoms with Gasteiger partial charge < -0.3 is 14.9 Å². The first-order valence-corrected chi connectivity index (χ1v) is 9.43. The number of fused-ring (bicyclic) bond motifs is 1. The van der Waals surface area contributed by atoms with Crippen LogP contribution in [-0.2, 0) is 20.1 Å². The van der Waals surface area contributed by atoms with E-state index in [0.717, 1.165) is 46.0 Å². The summed E-state index contributed by atoms with van der Waals surface area (Å²) in [5, 5.41) is 0. The molecule has 4 rings (SSSR count). The first-order chi connectivity index (χ1) is 12.6. The number of imidazole rings is 1. The average Bonchev–Trinajstić information content (AvgIpc) is 3.41. The lowest BCUT2D eigenvalue weighted by Gasteiger charge is -2.11. The molecule has 138 valence electrons. The van der Waals surface area contributed by atoms with Crippen LogP contribution < -0.4 is 11.3 Å². The molecule has 2 N–H and O–H groups in total. The van der Waals surface area contributed by atoms with E-state index in [1.807, 2.05) is 45.2 Å². The van der Waals surface area contributed by atoms with E-state index < -0.39 is 0 Å². The number of hydrogen-bond acceptors (Lipinski definition) is 3. The van der Waals surface area contributed by atoms with Crippen molar-refractivity contribution < 1.29 is 0 Å². The van der Waals surface area contributed by atoms with Crippen molar-refractivity contribution in [3.8, 4) is 11.4 Å². The van der Waals surface area contributed by atoms with Crippen LogP contribution in [0.5, 0.6) is 0 Å². The summed E-state index contributed by atoms with van der Waals surface area (Å²) in [6, 6.07) is 8.16. The smallest absolute Gasteiger partial charge is 0.253 e. The molecular weight excluding hydrogens is 324 g/mol. The van der Waals surface area contributed by atoms with Gasteiger partial charge in [0.15, 0.2) is 0 Å². The van der Waals surface area contributed by atoms with Gasteiger partial charge in [-0.3, -0.25) is 4.79 Å². The highest BCUT2D eigenvalue weighted by molar-refractivity contribution is 5.81. The summed E-state index contributed by atoms with van der Waals surface area (Å²) >= 11 is 0. The summed E-state index contributed by atoms with van der Waals surface area (Å²) in [6.07, 6.45) is 4.44. The third-order valence-corrected chi connectivity index (χ3v) is 4.81. The number of benzene rings is 1. The fourth-order valence-electron chi connectivity index (χ4n) is 3.26. The number of hydrogen-bond donors (Lipinski definition) is 1. The molecule has 1 aliphatic carbocycles. The lowest BCUT2D eigenvalue weighted by molar-refractivity contribution is 0.647. The Morgan fingerprint density at radius 3 is 2.58 bits per heavy atom. The molecule has 3 aromatic rings. The van der Waals surface area contributed by atoms with Gasteiger partial charge in [0.25, 0.3) is 5.56 Å². The monoisotopic (exact) mass is 352 g/mol. The van der Waals surface area contributed by atoms with Crippen molar-refractivity contribution in [1.82, 2.24) is 14.1 Å². The molecule has 1 aliphatic rings. The van der Waals surface area contributed by atoms with Gasteiger partial charge in [-0.25, -0.2) is 4.98 Å². The van der Waals surface area contributed by atoms with Crippen molar-refractivity contribution in [2.24, 2.45) is 18.7 Å². The molecule has 5 nitrogen and oxygen atoms in total. The summed E-state index contributed by atoms with van der Waals surface area (Å²) in [6.45, 7) is 7.35. The van der Waals surface area contributed by atoms with Crippen molar-refractivity contribution >= 4 is 11.0 Å². The first-order valence-electron chi connectivity index (χ1n) is 9.43. The number of rotatable bonds is 4. The highest BCUT2D eigenvalue weighted by Crippen LogP contribution is 2.34. The van der Waals surface area contributed by atoms with E-state index in [4.69, 9.17) is 10.7 Å². The topological polar surface area (TPSA) is 65.8 Å². The Balaban J connectivity index is 0.000000948. The van der Waals surface area contributed by atoms with E-state index in [-0.39, 0.29) is 5.56 Å². The lowest BCUT2D eigenvalue weighted by atomic mass is 10.2. The predicted octanol–water partition coefficient (Wildman–Crippen LogP) is 3.61. The van der Waals surface area contributed by atoms with E-state index in [1.165, 1.54) is 12.8 Å². The van der Waals surface area contributed by atoms with Crippen LogP contribution >= 0.6 is 0 Å². The molecule has 0 atom stereocenters. The molecule has 2 aromatic heterocycles. The number of nitrogens with zero attached hydrogens (tertiary/aromatic N) is 3. The molecule has 0 saturated heterocycles. The van der Waals surface area contributed by atoms with Crippen LogP contribution in [0.25, 0.3) is 22.4 Å².